The van der Waals surface area contributed by atoms with E-state index >= 15 is 0 Å². The van der Waals surface area contributed by atoms with Gasteiger partial charge in [-0.15, -0.1) is 0 Å². The molecule has 3 aromatic rings. The molecule has 0 aliphatic rings. The highest BCUT2D eigenvalue weighted by Crippen LogP contribution is 2.22. The number of hydrogen-bond acceptors (Lipinski definition) is 5. The average Bonchev–Trinajstić information content (AvgIpc) is 2.84. The normalized spacial score (nSPS) is 10.8. The van der Waals surface area contributed by atoms with Gasteiger partial charge in [-0.25, -0.2) is 14.3 Å². The van der Waals surface area contributed by atoms with E-state index in [9.17, 15) is 4.79 Å². The molecule has 3 aromatic heterocycles. The lowest BCUT2D eigenvalue weighted by Crippen LogP contribution is -2.06. The van der Waals surface area contributed by atoms with Crippen LogP contribution in [0.1, 0.15) is 23.0 Å². The van der Waals surface area contributed by atoms with Crippen LogP contribution in [-0.2, 0) is 4.74 Å². The van der Waals surface area contributed by atoms with Gasteiger partial charge in [-0.3, -0.25) is 4.98 Å². The minimum Gasteiger partial charge on any atom is -0.462 e. The fourth-order valence-electron chi connectivity index (χ4n) is 2.23. The van der Waals surface area contributed by atoms with Crippen molar-refractivity contribution in [2.24, 2.45) is 0 Å². The number of nitrogens with zero attached hydrogens (tertiary/aromatic N) is 4. The molecule has 0 aliphatic heterocycles. The lowest BCUT2D eigenvalue weighted by molar-refractivity contribution is 0.0527. The molecule has 0 spiro atoms. The maximum Gasteiger partial charge on any atom is 0.343 e. The summed E-state index contributed by atoms with van der Waals surface area (Å²) in [5, 5.41) is 4.42. The molecule has 0 radical (unpaired) electrons. The molecule has 106 valence electrons. The third-order valence-electron chi connectivity index (χ3n) is 3.13. The van der Waals surface area contributed by atoms with Crippen LogP contribution in [0.15, 0.2) is 36.8 Å². The highest BCUT2D eigenvalue weighted by molar-refractivity contribution is 5.97. The molecule has 0 amide bonds. The second kappa shape index (κ2) is 5.32. The summed E-state index contributed by atoms with van der Waals surface area (Å²) in [7, 11) is 0. The highest BCUT2D eigenvalue weighted by Gasteiger charge is 2.20. The molecule has 0 N–H and O–H groups in total. The van der Waals surface area contributed by atoms with Crippen molar-refractivity contribution in [1.29, 1.82) is 0 Å². The van der Waals surface area contributed by atoms with Crippen LogP contribution in [-0.4, -0.2) is 32.2 Å². The molecular weight excluding hydrogens is 268 g/mol. The van der Waals surface area contributed by atoms with Crippen molar-refractivity contribution >= 4 is 11.6 Å². The molecule has 0 saturated heterocycles. The topological polar surface area (TPSA) is 69.4 Å². The molecule has 0 unspecified atom stereocenters. The SMILES string of the molecule is CCOC(=O)c1c(C)nn2c(-c3cccnc3)ccnc12. The number of hydrogen-bond donors (Lipinski definition) is 0. The molecule has 0 aromatic carbocycles. The first-order valence-corrected chi connectivity index (χ1v) is 6.64. The fraction of sp³-hybridized carbons (Fsp3) is 0.200. The monoisotopic (exact) mass is 282 g/mol. The standard InChI is InChI=1S/C15H14N4O2/c1-3-21-15(20)13-10(2)18-19-12(6-8-17-14(13)19)11-5-4-7-16-9-11/h4-9H,3H2,1-2H3. The van der Waals surface area contributed by atoms with Gasteiger partial charge >= 0.3 is 5.97 Å². The minimum absolute atomic E-state index is 0.317. The Bertz CT molecular complexity index is 796. The van der Waals surface area contributed by atoms with Crippen molar-refractivity contribution in [1.82, 2.24) is 19.6 Å². The molecule has 6 heteroatoms. The molecule has 21 heavy (non-hydrogen) atoms. The number of carbonyl (C=O) groups is 1. The Morgan fingerprint density at radius 1 is 1.33 bits per heavy atom. The lowest BCUT2D eigenvalue weighted by Gasteiger charge is -2.04. The van der Waals surface area contributed by atoms with Gasteiger partial charge in [0, 0.05) is 24.2 Å². The van der Waals surface area contributed by atoms with Crippen LogP contribution >= 0.6 is 0 Å². The summed E-state index contributed by atoms with van der Waals surface area (Å²) in [4.78, 5) is 20.4. The lowest BCUT2D eigenvalue weighted by atomic mass is 10.2. The summed E-state index contributed by atoms with van der Waals surface area (Å²) in [6.07, 6.45) is 5.11. The van der Waals surface area contributed by atoms with Crippen LogP contribution in [0.2, 0.25) is 0 Å². The summed E-state index contributed by atoms with van der Waals surface area (Å²) >= 11 is 0. The Kier molecular flexibility index (Phi) is 3.35. The first-order chi connectivity index (χ1) is 10.2. The van der Waals surface area contributed by atoms with E-state index < -0.39 is 5.97 Å². The predicted molar refractivity (Wildman–Crippen MR) is 76.9 cm³/mol. The quantitative estimate of drug-likeness (QED) is 0.689. The van der Waals surface area contributed by atoms with E-state index in [0.29, 0.717) is 23.5 Å². The van der Waals surface area contributed by atoms with Gasteiger partial charge in [0.05, 0.1) is 18.0 Å². The summed E-state index contributed by atoms with van der Waals surface area (Å²) in [5.74, 6) is -0.402. The summed E-state index contributed by atoms with van der Waals surface area (Å²) < 4.78 is 6.73. The molecule has 0 fully saturated rings. The number of rotatable bonds is 3. The number of ether oxygens (including phenoxy) is 1. The molecule has 6 nitrogen and oxygen atoms in total. The van der Waals surface area contributed by atoms with Crippen molar-refractivity contribution in [2.75, 3.05) is 6.61 Å². The van der Waals surface area contributed by atoms with Gasteiger partial charge in [-0.1, -0.05) is 0 Å². The Balaban J connectivity index is 2.22. The number of esters is 1. The number of pyridine rings is 1. The first-order valence-electron chi connectivity index (χ1n) is 6.64. The molecular formula is C15H14N4O2. The third kappa shape index (κ3) is 2.24. The Morgan fingerprint density at radius 3 is 2.90 bits per heavy atom. The number of carbonyl (C=O) groups excluding carboxylic acids is 1. The number of fused-ring (bicyclic) bond motifs is 1. The molecule has 0 atom stereocenters. The zero-order valence-corrected chi connectivity index (χ0v) is 11.8. The van der Waals surface area contributed by atoms with Crippen LogP contribution in [0.4, 0.5) is 0 Å². The van der Waals surface area contributed by atoms with Crippen molar-refractivity contribution in [2.45, 2.75) is 13.8 Å². The third-order valence-corrected chi connectivity index (χ3v) is 3.13. The second-order valence-electron chi connectivity index (χ2n) is 4.49. The number of aryl methyl sites for hydroxylation is 1. The highest BCUT2D eigenvalue weighted by atomic mass is 16.5. The van der Waals surface area contributed by atoms with Gasteiger partial charge in [0.2, 0.25) is 0 Å². The predicted octanol–water partition coefficient (Wildman–Crippen LogP) is 2.28. The van der Waals surface area contributed by atoms with Crippen molar-refractivity contribution in [3.8, 4) is 11.3 Å². The van der Waals surface area contributed by atoms with Gasteiger partial charge in [0.25, 0.3) is 0 Å². The van der Waals surface area contributed by atoms with Crippen LogP contribution in [0.5, 0.6) is 0 Å². The van der Waals surface area contributed by atoms with Crippen LogP contribution in [0, 0.1) is 6.92 Å². The smallest absolute Gasteiger partial charge is 0.343 e. The van der Waals surface area contributed by atoms with Crippen molar-refractivity contribution in [3.05, 3.63) is 48.0 Å². The van der Waals surface area contributed by atoms with Gasteiger partial charge in [0.1, 0.15) is 5.56 Å². The maximum atomic E-state index is 12.1. The Hall–Kier alpha value is -2.76. The van der Waals surface area contributed by atoms with E-state index in [1.807, 2.05) is 18.2 Å². The first kappa shape index (κ1) is 13.2. The van der Waals surface area contributed by atoms with E-state index in [-0.39, 0.29) is 0 Å². The minimum atomic E-state index is -0.402. The second-order valence-corrected chi connectivity index (χ2v) is 4.49. The Labute approximate surface area is 121 Å². The molecule has 0 saturated carbocycles. The van der Waals surface area contributed by atoms with Gasteiger partial charge in [0.15, 0.2) is 5.65 Å². The van der Waals surface area contributed by atoms with E-state index in [4.69, 9.17) is 4.74 Å². The van der Waals surface area contributed by atoms with Gasteiger partial charge < -0.3 is 4.74 Å². The van der Waals surface area contributed by atoms with E-state index in [2.05, 4.69) is 15.1 Å². The van der Waals surface area contributed by atoms with Crippen LogP contribution in [0.25, 0.3) is 16.9 Å². The zero-order valence-electron chi connectivity index (χ0n) is 11.8. The van der Waals surface area contributed by atoms with E-state index in [0.717, 1.165) is 11.3 Å². The van der Waals surface area contributed by atoms with Crippen LogP contribution < -0.4 is 0 Å². The van der Waals surface area contributed by atoms with E-state index in [1.165, 1.54) is 0 Å². The summed E-state index contributed by atoms with van der Waals surface area (Å²) in [5.41, 5.74) is 3.22. The van der Waals surface area contributed by atoms with E-state index in [1.54, 1.807) is 37.0 Å². The molecule has 0 aliphatic carbocycles. The molecule has 3 heterocycles. The summed E-state index contributed by atoms with van der Waals surface area (Å²) in [6.45, 7) is 3.86. The molecule has 0 bridgehead atoms. The average molecular weight is 282 g/mol. The largest absolute Gasteiger partial charge is 0.462 e. The van der Waals surface area contributed by atoms with Crippen LogP contribution in [0.3, 0.4) is 0 Å². The van der Waals surface area contributed by atoms with Gasteiger partial charge in [-0.2, -0.15) is 5.10 Å². The maximum absolute atomic E-state index is 12.1. The Morgan fingerprint density at radius 2 is 2.19 bits per heavy atom. The zero-order chi connectivity index (χ0) is 14.8. The summed E-state index contributed by atoms with van der Waals surface area (Å²) in [6, 6.07) is 5.62. The fourth-order valence-corrected chi connectivity index (χ4v) is 2.23. The molecule has 3 rings (SSSR count). The van der Waals surface area contributed by atoms with Crippen molar-refractivity contribution < 1.29 is 9.53 Å². The van der Waals surface area contributed by atoms with Crippen molar-refractivity contribution in [3.63, 3.8) is 0 Å². The number of aromatic nitrogens is 4. The van der Waals surface area contributed by atoms with Gasteiger partial charge in [-0.05, 0) is 32.0 Å².